The van der Waals surface area contributed by atoms with Crippen molar-refractivity contribution in [2.75, 3.05) is 20.8 Å². The summed E-state index contributed by atoms with van der Waals surface area (Å²) in [5.74, 6) is 0.344. The van der Waals surface area contributed by atoms with E-state index in [2.05, 4.69) is 23.0 Å². The number of methoxy groups -OCH3 is 1. The average Bonchev–Trinajstić information content (AvgIpc) is 2.51. The van der Waals surface area contributed by atoms with E-state index in [4.69, 9.17) is 4.74 Å². The zero-order valence-electron chi connectivity index (χ0n) is 12.0. The number of ether oxygens (including phenoxy) is 2. The van der Waals surface area contributed by atoms with Crippen LogP contribution in [0.15, 0.2) is 36.4 Å². The molecular weight excluding hydrogens is 254 g/mol. The van der Waals surface area contributed by atoms with Crippen LogP contribution in [-0.4, -0.2) is 26.7 Å². The van der Waals surface area contributed by atoms with E-state index in [-0.39, 0.29) is 18.6 Å². The van der Waals surface area contributed by atoms with Gasteiger partial charge in [0.05, 0.1) is 7.11 Å². The van der Waals surface area contributed by atoms with Crippen molar-refractivity contribution in [1.29, 1.82) is 0 Å². The van der Waals surface area contributed by atoms with Crippen LogP contribution in [0.5, 0.6) is 5.75 Å². The van der Waals surface area contributed by atoms with E-state index in [1.807, 2.05) is 37.4 Å². The number of nitrogens with one attached hydrogen (secondary N) is 1. The average molecular weight is 273 g/mol. The standard InChI is InChI=1S/C16H19NO3/c1-11(17-2)13-9-8-12-6-4-5-7-14(12)16(13)20-10-15(18)19-3/h4-9,11,17H,10H2,1-3H3. The van der Waals surface area contributed by atoms with E-state index in [1.165, 1.54) is 7.11 Å². The molecule has 0 heterocycles. The van der Waals surface area contributed by atoms with E-state index in [9.17, 15) is 4.79 Å². The fourth-order valence-electron chi connectivity index (χ4n) is 2.11. The summed E-state index contributed by atoms with van der Waals surface area (Å²) in [7, 11) is 3.25. The summed E-state index contributed by atoms with van der Waals surface area (Å²) in [6, 6.07) is 12.2. The van der Waals surface area contributed by atoms with Gasteiger partial charge >= 0.3 is 5.97 Å². The molecule has 2 aromatic carbocycles. The Morgan fingerprint density at radius 3 is 2.70 bits per heavy atom. The molecule has 0 fully saturated rings. The Labute approximate surface area is 118 Å². The molecule has 0 aromatic heterocycles. The molecule has 20 heavy (non-hydrogen) atoms. The minimum Gasteiger partial charge on any atom is -0.481 e. The van der Waals surface area contributed by atoms with Crippen LogP contribution in [-0.2, 0) is 9.53 Å². The molecule has 0 saturated heterocycles. The molecule has 0 aliphatic heterocycles. The Kier molecular flexibility index (Phi) is 4.58. The molecule has 106 valence electrons. The topological polar surface area (TPSA) is 47.6 Å². The maximum absolute atomic E-state index is 11.3. The van der Waals surface area contributed by atoms with Gasteiger partial charge < -0.3 is 14.8 Å². The van der Waals surface area contributed by atoms with Crippen molar-refractivity contribution in [2.24, 2.45) is 0 Å². The number of carbonyl (C=O) groups is 1. The van der Waals surface area contributed by atoms with Crippen molar-refractivity contribution < 1.29 is 14.3 Å². The molecule has 2 rings (SSSR count). The van der Waals surface area contributed by atoms with Gasteiger partial charge in [-0.25, -0.2) is 4.79 Å². The van der Waals surface area contributed by atoms with Gasteiger partial charge in [-0.3, -0.25) is 0 Å². The lowest BCUT2D eigenvalue weighted by atomic mass is 10.0. The number of esters is 1. The lowest BCUT2D eigenvalue weighted by Crippen LogP contribution is -2.17. The SMILES string of the molecule is CNC(C)c1ccc2ccccc2c1OCC(=O)OC. The number of hydrogen-bond donors (Lipinski definition) is 1. The minimum atomic E-state index is -0.388. The van der Waals surface area contributed by atoms with Gasteiger partial charge in [-0.05, 0) is 19.4 Å². The smallest absolute Gasteiger partial charge is 0.343 e. The Bertz CT molecular complexity index is 610. The van der Waals surface area contributed by atoms with Crippen LogP contribution in [0.3, 0.4) is 0 Å². The number of benzene rings is 2. The van der Waals surface area contributed by atoms with Crippen molar-refractivity contribution in [3.8, 4) is 5.75 Å². The van der Waals surface area contributed by atoms with Crippen molar-refractivity contribution in [2.45, 2.75) is 13.0 Å². The largest absolute Gasteiger partial charge is 0.481 e. The molecule has 0 spiro atoms. The van der Waals surface area contributed by atoms with Gasteiger partial charge in [0.25, 0.3) is 0 Å². The maximum Gasteiger partial charge on any atom is 0.343 e. The molecule has 4 heteroatoms. The van der Waals surface area contributed by atoms with Crippen LogP contribution < -0.4 is 10.1 Å². The molecule has 0 aliphatic carbocycles. The van der Waals surface area contributed by atoms with E-state index < -0.39 is 0 Å². The number of fused-ring (bicyclic) bond motifs is 1. The van der Waals surface area contributed by atoms with Gasteiger partial charge in [-0.2, -0.15) is 0 Å². The second-order valence-corrected chi connectivity index (χ2v) is 4.58. The van der Waals surface area contributed by atoms with Crippen molar-refractivity contribution in [1.82, 2.24) is 5.32 Å². The lowest BCUT2D eigenvalue weighted by molar-refractivity contribution is -0.142. The first kappa shape index (κ1) is 14.3. The second kappa shape index (κ2) is 6.39. The van der Waals surface area contributed by atoms with Crippen LogP contribution in [0, 0.1) is 0 Å². The van der Waals surface area contributed by atoms with Gasteiger partial charge in [-0.15, -0.1) is 0 Å². The number of carbonyl (C=O) groups excluding carboxylic acids is 1. The summed E-state index contributed by atoms with van der Waals surface area (Å²) in [4.78, 5) is 11.3. The highest BCUT2D eigenvalue weighted by Crippen LogP contribution is 2.33. The molecular formula is C16H19NO3. The first-order chi connectivity index (χ1) is 9.67. The normalized spacial score (nSPS) is 12.2. The first-order valence-corrected chi connectivity index (χ1v) is 6.56. The predicted octanol–water partition coefficient (Wildman–Crippen LogP) is 2.67. The Morgan fingerprint density at radius 2 is 2.00 bits per heavy atom. The molecule has 4 nitrogen and oxygen atoms in total. The molecule has 0 radical (unpaired) electrons. The Balaban J connectivity index is 2.47. The second-order valence-electron chi connectivity index (χ2n) is 4.58. The summed E-state index contributed by atoms with van der Waals surface area (Å²) in [6.45, 7) is 1.96. The third kappa shape index (κ3) is 2.91. The summed E-state index contributed by atoms with van der Waals surface area (Å²) in [5.41, 5.74) is 1.02. The zero-order valence-corrected chi connectivity index (χ0v) is 12.0. The highest BCUT2D eigenvalue weighted by Gasteiger charge is 2.15. The molecule has 0 aliphatic rings. The van der Waals surface area contributed by atoms with Crippen molar-refractivity contribution in [3.05, 3.63) is 42.0 Å². The van der Waals surface area contributed by atoms with Gasteiger partial charge in [-0.1, -0.05) is 36.4 Å². The van der Waals surface area contributed by atoms with Crippen LogP contribution in [0.2, 0.25) is 0 Å². The molecule has 1 unspecified atom stereocenters. The van der Waals surface area contributed by atoms with E-state index in [0.29, 0.717) is 0 Å². The van der Waals surface area contributed by atoms with Crippen LogP contribution in [0.1, 0.15) is 18.5 Å². The van der Waals surface area contributed by atoms with Gasteiger partial charge in [0.1, 0.15) is 5.75 Å². The number of hydrogen-bond acceptors (Lipinski definition) is 4. The number of rotatable bonds is 5. The summed E-state index contributed by atoms with van der Waals surface area (Å²) in [6.07, 6.45) is 0. The van der Waals surface area contributed by atoms with E-state index in [1.54, 1.807) is 0 Å². The Hall–Kier alpha value is -2.07. The molecule has 1 N–H and O–H groups in total. The van der Waals surface area contributed by atoms with Gasteiger partial charge in [0.2, 0.25) is 0 Å². The maximum atomic E-state index is 11.3. The minimum absolute atomic E-state index is 0.0893. The third-order valence-electron chi connectivity index (χ3n) is 3.37. The first-order valence-electron chi connectivity index (χ1n) is 6.56. The Morgan fingerprint density at radius 1 is 1.25 bits per heavy atom. The molecule has 0 saturated carbocycles. The fraction of sp³-hybridized carbons (Fsp3) is 0.312. The molecule has 0 bridgehead atoms. The van der Waals surface area contributed by atoms with Crippen molar-refractivity contribution in [3.63, 3.8) is 0 Å². The van der Waals surface area contributed by atoms with E-state index in [0.717, 1.165) is 22.1 Å². The van der Waals surface area contributed by atoms with Gasteiger partial charge in [0, 0.05) is 17.0 Å². The quantitative estimate of drug-likeness (QED) is 0.851. The lowest BCUT2D eigenvalue weighted by Gasteiger charge is -2.18. The summed E-state index contributed by atoms with van der Waals surface area (Å²) >= 11 is 0. The fourth-order valence-corrected chi connectivity index (χ4v) is 2.11. The van der Waals surface area contributed by atoms with Crippen LogP contribution in [0.25, 0.3) is 10.8 Å². The monoisotopic (exact) mass is 273 g/mol. The van der Waals surface area contributed by atoms with Gasteiger partial charge in [0.15, 0.2) is 6.61 Å². The summed E-state index contributed by atoms with van der Waals surface area (Å²) < 4.78 is 10.3. The summed E-state index contributed by atoms with van der Waals surface area (Å²) in [5, 5.41) is 5.27. The molecule has 2 aromatic rings. The zero-order chi connectivity index (χ0) is 14.5. The predicted molar refractivity (Wildman–Crippen MR) is 78.9 cm³/mol. The van der Waals surface area contributed by atoms with Crippen molar-refractivity contribution >= 4 is 16.7 Å². The molecule has 0 amide bonds. The molecule has 1 atom stereocenters. The van der Waals surface area contributed by atoms with E-state index >= 15 is 0 Å². The highest BCUT2D eigenvalue weighted by atomic mass is 16.6. The van der Waals surface area contributed by atoms with Crippen LogP contribution >= 0.6 is 0 Å². The highest BCUT2D eigenvalue weighted by molar-refractivity contribution is 5.90. The van der Waals surface area contributed by atoms with Crippen LogP contribution in [0.4, 0.5) is 0 Å². The third-order valence-corrected chi connectivity index (χ3v) is 3.37.